The molecule has 1 heterocycles. The van der Waals surface area contributed by atoms with Crippen molar-refractivity contribution in [2.45, 2.75) is 39.2 Å². The zero-order valence-corrected chi connectivity index (χ0v) is 12.5. The van der Waals surface area contributed by atoms with Gasteiger partial charge < -0.3 is 10.0 Å². The van der Waals surface area contributed by atoms with E-state index in [2.05, 4.69) is 9.62 Å². The van der Waals surface area contributed by atoms with Crippen LogP contribution < -0.4 is 4.72 Å². The Hall–Kier alpha value is -0.170. The zero-order chi connectivity index (χ0) is 13.8. The van der Waals surface area contributed by atoms with Crippen molar-refractivity contribution in [3.8, 4) is 0 Å². The molecule has 1 aliphatic rings. The highest BCUT2D eigenvalue weighted by Crippen LogP contribution is 2.15. The molecule has 0 aliphatic carbocycles. The van der Waals surface area contributed by atoms with E-state index in [0.29, 0.717) is 6.54 Å². The second-order valence-electron chi connectivity index (χ2n) is 5.70. The average molecular weight is 278 g/mol. The summed E-state index contributed by atoms with van der Waals surface area (Å²) in [6.45, 7) is 8.06. The molecule has 5 nitrogen and oxygen atoms in total. The SMILES string of the molecule is CC(C)[C@](C)(O)CNS(=O)(=O)CCN1CCCC1. The molecule has 1 fully saturated rings. The van der Waals surface area contributed by atoms with Crippen molar-refractivity contribution in [2.75, 3.05) is 31.9 Å². The molecule has 0 unspecified atom stereocenters. The largest absolute Gasteiger partial charge is 0.389 e. The normalized spacial score (nSPS) is 21.4. The van der Waals surface area contributed by atoms with Gasteiger partial charge in [0.2, 0.25) is 10.0 Å². The summed E-state index contributed by atoms with van der Waals surface area (Å²) in [7, 11) is -3.29. The molecule has 1 rings (SSSR count). The van der Waals surface area contributed by atoms with Crippen molar-refractivity contribution in [1.82, 2.24) is 9.62 Å². The predicted octanol–water partition coefficient (Wildman–Crippen LogP) is 0.409. The van der Waals surface area contributed by atoms with E-state index >= 15 is 0 Å². The van der Waals surface area contributed by atoms with Crippen LogP contribution in [-0.4, -0.2) is 56.0 Å². The van der Waals surface area contributed by atoms with Crippen LogP contribution in [0.3, 0.4) is 0 Å². The summed E-state index contributed by atoms with van der Waals surface area (Å²) in [5.41, 5.74) is -0.999. The Kier molecular flexibility index (Phi) is 5.58. The molecule has 2 N–H and O–H groups in total. The van der Waals surface area contributed by atoms with Gasteiger partial charge in [-0.15, -0.1) is 0 Å². The summed E-state index contributed by atoms with van der Waals surface area (Å²) in [6.07, 6.45) is 2.32. The minimum atomic E-state index is -3.29. The second kappa shape index (κ2) is 6.32. The molecule has 0 aromatic heterocycles. The molecule has 6 heteroatoms. The minimum Gasteiger partial charge on any atom is -0.389 e. The van der Waals surface area contributed by atoms with Gasteiger partial charge in [0.05, 0.1) is 11.4 Å². The first kappa shape index (κ1) is 15.9. The quantitative estimate of drug-likeness (QED) is 0.707. The van der Waals surface area contributed by atoms with Crippen LogP contribution in [0.15, 0.2) is 0 Å². The zero-order valence-electron chi connectivity index (χ0n) is 11.6. The lowest BCUT2D eigenvalue weighted by Crippen LogP contribution is -2.45. The first-order valence-corrected chi connectivity index (χ1v) is 8.30. The molecule has 0 amide bonds. The fraction of sp³-hybridized carbons (Fsp3) is 1.00. The minimum absolute atomic E-state index is 0.0128. The lowest BCUT2D eigenvalue weighted by molar-refractivity contribution is 0.0190. The molecule has 1 atom stereocenters. The van der Waals surface area contributed by atoms with Crippen LogP contribution in [0.5, 0.6) is 0 Å². The molecule has 1 saturated heterocycles. The van der Waals surface area contributed by atoms with Gasteiger partial charge in [-0.25, -0.2) is 13.1 Å². The topological polar surface area (TPSA) is 69.6 Å². The van der Waals surface area contributed by atoms with E-state index in [1.165, 1.54) is 0 Å². The van der Waals surface area contributed by atoms with Gasteiger partial charge in [-0.2, -0.15) is 0 Å². The van der Waals surface area contributed by atoms with Crippen LogP contribution in [0.1, 0.15) is 33.6 Å². The monoisotopic (exact) mass is 278 g/mol. The molecule has 0 aromatic rings. The molecule has 1 aliphatic heterocycles. The van der Waals surface area contributed by atoms with Gasteiger partial charge in [0.25, 0.3) is 0 Å². The Labute approximate surface area is 111 Å². The maximum absolute atomic E-state index is 11.8. The number of likely N-dealkylation sites (tertiary alicyclic amines) is 1. The summed E-state index contributed by atoms with van der Waals surface area (Å²) in [5.74, 6) is 0.125. The Bertz CT molecular complexity index is 346. The van der Waals surface area contributed by atoms with Gasteiger partial charge in [0, 0.05) is 13.1 Å². The lowest BCUT2D eigenvalue weighted by Gasteiger charge is -2.27. The smallest absolute Gasteiger partial charge is 0.212 e. The molecule has 0 bridgehead atoms. The van der Waals surface area contributed by atoms with Crippen molar-refractivity contribution in [3.05, 3.63) is 0 Å². The highest BCUT2D eigenvalue weighted by Gasteiger charge is 2.27. The van der Waals surface area contributed by atoms with E-state index in [1.54, 1.807) is 6.92 Å². The number of aliphatic hydroxyl groups is 1. The summed E-state index contributed by atoms with van der Waals surface area (Å²) < 4.78 is 26.1. The maximum atomic E-state index is 11.8. The highest BCUT2D eigenvalue weighted by molar-refractivity contribution is 7.89. The third kappa shape index (κ3) is 5.22. The summed E-state index contributed by atoms with van der Waals surface area (Å²) in [6, 6.07) is 0. The summed E-state index contributed by atoms with van der Waals surface area (Å²) in [5, 5.41) is 10.00. The summed E-state index contributed by atoms with van der Waals surface area (Å²) in [4.78, 5) is 2.17. The maximum Gasteiger partial charge on any atom is 0.212 e. The van der Waals surface area contributed by atoms with Crippen LogP contribution in [-0.2, 0) is 10.0 Å². The Morgan fingerprint density at radius 3 is 2.39 bits per heavy atom. The van der Waals surface area contributed by atoms with E-state index in [-0.39, 0.29) is 18.2 Å². The van der Waals surface area contributed by atoms with Crippen LogP contribution in [0.2, 0.25) is 0 Å². The molecular formula is C12H26N2O3S. The van der Waals surface area contributed by atoms with Crippen molar-refractivity contribution >= 4 is 10.0 Å². The van der Waals surface area contributed by atoms with E-state index < -0.39 is 15.6 Å². The van der Waals surface area contributed by atoms with Crippen LogP contribution >= 0.6 is 0 Å². The molecular weight excluding hydrogens is 252 g/mol. The van der Waals surface area contributed by atoms with Crippen LogP contribution in [0.4, 0.5) is 0 Å². The van der Waals surface area contributed by atoms with Gasteiger partial charge in [-0.05, 0) is 38.8 Å². The van der Waals surface area contributed by atoms with Crippen molar-refractivity contribution in [2.24, 2.45) is 5.92 Å². The van der Waals surface area contributed by atoms with Crippen LogP contribution in [0.25, 0.3) is 0 Å². The highest BCUT2D eigenvalue weighted by atomic mass is 32.2. The molecule has 0 spiro atoms. The summed E-state index contributed by atoms with van der Waals surface area (Å²) >= 11 is 0. The Balaban J connectivity index is 2.35. The van der Waals surface area contributed by atoms with E-state index in [4.69, 9.17) is 0 Å². The number of nitrogens with one attached hydrogen (secondary N) is 1. The first-order chi connectivity index (χ1) is 8.23. The van der Waals surface area contributed by atoms with Gasteiger partial charge in [0.15, 0.2) is 0 Å². The number of hydrogen-bond acceptors (Lipinski definition) is 4. The number of nitrogens with zero attached hydrogens (tertiary/aromatic N) is 1. The van der Waals surface area contributed by atoms with Gasteiger partial charge >= 0.3 is 0 Å². The number of rotatable bonds is 7. The van der Waals surface area contributed by atoms with Crippen molar-refractivity contribution < 1.29 is 13.5 Å². The van der Waals surface area contributed by atoms with Crippen molar-refractivity contribution in [1.29, 1.82) is 0 Å². The lowest BCUT2D eigenvalue weighted by atomic mass is 9.93. The fourth-order valence-corrected chi connectivity index (χ4v) is 2.94. The van der Waals surface area contributed by atoms with Crippen molar-refractivity contribution in [3.63, 3.8) is 0 Å². The standard InChI is InChI=1S/C12H26N2O3S/c1-11(2)12(3,15)10-13-18(16,17)9-8-14-6-4-5-7-14/h11,13,15H,4-10H2,1-3H3/t12-/m1/s1. The molecule has 108 valence electrons. The van der Waals surface area contributed by atoms with E-state index in [0.717, 1.165) is 25.9 Å². The molecule has 0 saturated carbocycles. The van der Waals surface area contributed by atoms with E-state index in [9.17, 15) is 13.5 Å². The Morgan fingerprint density at radius 2 is 1.89 bits per heavy atom. The van der Waals surface area contributed by atoms with Gasteiger partial charge in [-0.1, -0.05) is 13.8 Å². The second-order valence-corrected chi connectivity index (χ2v) is 7.63. The molecule has 0 radical (unpaired) electrons. The average Bonchev–Trinajstić information content (AvgIpc) is 2.77. The molecule has 0 aromatic carbocycles. The third-order valence-corrected chi connectivity index (χ3v) is 5.07. The number of sulfonamides is 1. The van der Waals surface area contributed by atoms with E-state index in [1.807, 2.05) is 13.8 Å². The third-order valence-electron chi connectivity index (χ3n) is 3.77. The Morgan fingerprint density at radius 1 is 1.33 bits per heavy atom. The first-order valence-electron chi connectivity index (χ1n) is 6.65. The predicted molar refractivity (Wildman–Crippen MR) is 72.9 cm³/mol. The van der Waals surface area contributed by atoms with Gasteiger partial charge in [0.1, 0.15) is 0 Å². The fourth-order valence-electron chi connectivity index (χ4n) is 1.79. The van der Waals surface area contributed by atoms with Crippen LogP contribution in [0, 0.1) is 5.92 Å². The number of hydrogen-bond donors (Lipinski definition) is 2. The molecule has 18 heavy (non-hydrogen) atoms. The van der Waals surface area contributed by atoms with Gasteiger partial charge in [-0.3, -0.25) is 0 Å².